The lowest BCUT2D eigenvalue weighted by Crippen LogP contribution is -2.41. The fourth-order valence-corrected chi connectivity index (χ4v) is 1.69. The van der Waals surface area contributed by atoms with Gasteiger partial charge in [0.25, 0.3) is 0 Å². The van der Waals surface area contributed by atoms with Crippen LogP contribution in [0.2, 0.25) is 0 Å². The summed E-state index contributed by atoms with van der Waals surface area (Å²) < 4.78 is 0. The van der Waals surface area contributed by atoms with Gasteiger partial charge < -0.3 is 10.4 Å². The van der Waals surface area contributed by atoms with Crippen molar-refractivity contribution in [1.82, 2.24) is 5.32 Å². The van der Waals surface area contributed by atoms with Gasteiger partial charge in [0.2, 0.25) is 5.91 Å². The molecule has 0 spiro atoms. The summed E-state index contributed by atoms with van der Waals surface area (Å²) in [6.45, 7) is 6.15. The Morgan fingerprint density at radius 3 is 2.60 bits per heavy atom. The van der Waals surface area contributed by atoms with Crippen LogP contribution in [0.4, 0.5) is 0 Å². The molecule has 4 heteroatoms. The second-order valence-corrected chi connectivity index (χ2v) is 5.04. The molecular formula is C11H22ClNO2. The van der Waals surface area contributed by atoms with Gasteiger partial charge in [-0.05, 0) is 25.7 Å². The van der Waals surface area contributed by atoms with Gasteiger partial charge in [-0.15, -0.1) is 11.6 Å². The van der Waals surface area contributed by atoms with Gasteiger partial charge >= 0.3 is 0 Å². The smallest absolute Gasteiger partial charge is 0.220 e. The summed E-state index contributed by atoms with van der Waals surface area (Å²) in [5.74, 6) is 0.870. The fourth-order valence-electron chi connectivity index (χ4n) is 1.56. The molecule has 0 fully saturated rings. The zero-order chi connectivity index (χ0) is 11.9. The van der Waals surface area contributed by atoms with E-state index in [1.165, 1.54) is 0 Å². The van der Waals surface area contributed by atoms with E-state index in [4.69, 9.17) is 11.6 Å². The molecule has 0 aliphatic carbocycles. The van der Waals surface area contributed by atoms with Gasteiger partial charge in [0.1, 0.15) is 0 Å². The Bertz CT molecular complexity index is 193. The minimum Gasteiger partial charge on any atom is -0.388 e. The van der Waals surface area contributed by atoms with Gasteiger partial charge in [0.05, 0.1) is 5.60 Å². The first kappa shape index (κ1) is 14.7. The molecule has 0 aromatic rings. The maximum Gasteiger partial charge on any atom is 0.220 e. The third-order valence-electron chi connectivity index (χ3n) is 2.05. The highest BCUT2D eigenvalue weighted by molar-refractivity contribution is 6.17. The summed E-state index contributed by atoms with van der Waals surface area (Å²) in [7, 11) is 0. The standard InChI is InChI=1S/C11H22ClNO2/c1-9(2)7-11(3,15)8-13-10(14)5-4-6-12/h9,15H,4-8H2,1-3H3,(H,13,14). The van der Waals surface area contributed by atoms with Crippen LogP contribution in [0.25, 0.3) is 0 Å². The Balaban J connectivity index is 3.77. The number of carbonyl (C=O) groups excluding carboxylic acids is 1. The topological polar surface area (TPSA) is 49.3 Å². The van der Waals surface area contributed by atoms with Crippen LogP contribution in [0.1, 0.15) is 40.0 Å². The van der Waals surface area contributed by atoms with Crippen LogP contribution >= 0.6 is 11.6 Å². The van der Waals surface area contributed by atoms with E-state index in [0.29, 0.717) is 37.6 Å². The predicted octanol–water partition coefficient (Wildman–Crippen LogP) is 1.92. The number of nitrogens with one attached hydrogen (secondary N) is 1. The van der Waals surface area contributed by atoms with Crippen molar-refractivity contribution in [3.05, 3.63) is 0 Å². The van der Waals surface area contributed by atoms with E-state index in [-0.39, 0.29) is 5.91 Å². The van der Waals surface area contributed by atoms with Gasteiger partial charge in [0, 0.05) is 18.8 Å². The minimum absolute atomic E-state index is 0.0420. The molecule has 0 aliphatic rings. The summed E-state index contributed by atoms with van der Waals surface area (Å²) in [6, 6.07) is 0. The second-order valence-electron chi connectivity index (χ2n) is 4.66. The van der Waals surface area contributed by atoms with Crippen molar-refractivity contribution in [2.24, 2.45) is 5.92 Å². The lowest BCUT2D eigenvalue weighted by molar-refractivity contribution is -0.122. The quantitative estimate of drug-likeness (QED) is 0.663. The lowest BCUT2D eigenvalue weighted by Gasteiger charge is -2.25. The number of halogens is 1. The third kappa shape index (κ3) is 8.70. The molecular weight excluding hydrogens is 214 g/mol. The van der Waals surface area contributed by atoms with Gasteiger partial charge in [-0.2, -0.15) is 0 Å². The highest BCUT2D eigenvalue weighted by Crippen LogP contribution is 2.14. The van der Waals surface area contributed by atoms with Crippen LogP contribution in [0.5, 0.6) is 0 Å². The Labute approximate surface area is 97.2 Å². The predicted molar refractivity (Wildman–Crippen MR) is 63.0 cm³/mol. The largest absolute Gasteiger partial charge is 0.388 e. The molecule has 0 saturated heterocycles. The monoisotopic (exact) mass is 235 g/mol. The van der Waals surface area contributed by atoms with Crippen LogP contribution in [0, 0.1) is 5.92 Å². The maximum absolute atomic E-state index is 11.3. The molecule has 0 radical (unpaired) electrons. The first-order valence-electron chi connectivity index (χ1n) is 5.42. The Morgan fingerprint density at radius 1 is 1.53 bits per heavy atom. The Hall–Kier alpha value is -0.280. The van der Waals surface area contributed by atoms with Crippen LogP contribution in [0.15, 0.2) is 0 Å². The van der Waals surface area contributed by atoms with Crippen molar-refractivity contribution in [2.75, 3.05) is 12.4 Å². The highest BCUT2D eigenvalue weighted by atomic mass is 35.5. The van der Waals surface area contributed by atoms with Crippen molar-refractivity contribution in [2.45, 2.75) is 45.6 Å². The fraction of sp³-hybridized carbons (Fsp3) is 0.909. The maximum atomic E-state index is 11.3. The molecule has 90 valence electrons. The SMILES string of the molecule is CC(C)CC(C)(O)CNC(=O)CCCCl. The molecule has 1 atom stereocenters. The zero-order valence-electron chi connectivity index (χ0n) is 9.85. The number of alkyl halides is 1. The van der Waals surface area contributed by atoms with E-state index in [0.717, 1.165) is 0 Å². The van der Waals surface area contributed by atoms with Gasteiger partial charge in [0.15, 0.2) is 0 Å². The molecule has 0 aromatic carbocycles. The van der Waals surface area contributed by atoms with Gasteiger partial charge in [-0.25, -0.2) is 0 Å². The van der Waals surface area contributed by atoms with Crippen molar-refractivity contribution >= 4 is 17.5 Å². The first-order valence-corrected chi connectivity index (χ1v) is 5.96. The molecule has 0 aromatic heterocycles. The van der Waals surface area contributed by atoms with E-state index in [1.807, 2.05) is 13.8 Å². The second kappa shape index (κ2) is 7.07. The molecule has 15 heavy (non-hydrogen) atoms. The minimum atomic E-state index is -0.815. The van der Waals surface area contributed by atoms with E-state index in [1.54, 1.807) is 6.92 Å². The zero-order valence-corrected chi connectivity index (χ0v) is 10.6. The molecule has 2 N–H and O–H groups in total. The molecule has 0 bridgehead atoms. The number of hydrogen-bond acceptors (Lipinski definition) is 2. The third-order valence-corrected chi connectivity index (χ3v) is 2.32. The number of hydrogen-bond donors (Lipinski definition) is 2. The number of amides is 1. The molecule has 0 rings (SSSR count). The number of aliphatic hydroxyl groups is 1. The Kier molecular flexibility index (Phi) is 6.94. The van der Waals surface area contributed by atoms with E-state index in [2.05, 4.69) is 5.32 Å². The molecule has 3 nitrogen and oxygen atoms in total. The molecule has 0 aliphatic heterocycles. The van der Waals surface area contributed by atoms with Gasteiger partial charge in [-0.1, -0.05) is 13.8 Å². The van der Waals surface area contributed by atoms with Crippen LogP contribution in [0.3, 0.4) is 0 Å². The lowest BCUT2D eigenvalue weighted by atomic mass is 9.94. The van der Waals surface area contributed by atoms with Crippen molar-refractivity contribution in [3.8, 4) is 0 Å². The van der Waals surface area contributed by atoms with Crippen LogP contribution in [-0.4, -0.2) is 29.0 Å². The van der Waals surface area contributed by atoms with Crippen molar-refractivity contribution in [1.29, 1.82) is 0 Å². The van der Waals surface area contributed by atoms with Crippen molar-refractivity contribution in [3.63, 3.8) is 0 Å². The van der Waals surface area contributed by atoms with Gasteiger partial charge in [-0.3, -0.25) is 4.79 Å². The molecule has 1 unspecified atom stereocenters. The normalized spacial score (nSPS) is 15.1. The van der Waals surface area contributed by atoms with E-state index < -0.39 is 5.60 Å². The van der Waals surface area contributed by atoms with Crippen LogP contribution in [-0.2, 0) is 4.79 Å². The average Bonchev–Trinajstić information content (AvgIpc) is 2.09. The van der Waals surface area contributed by atoms with E-state index in [9.17, 15) is 9.90 Å². The summed E-state index contributed by atoms with van der Waals surface area (Å²) in [6.07, 6.45) is 1.80. The summed E-state index contributed by atoms with van der Waals surface area (Å²) in [4.78, 5) is 11.3. The van der Waals surface area contributed by atoms with E-state index >= 15 is 0 Å². The average molecular weight is 236 g/mol. The first-order chi connectivity index (χ1) is 6.87. The molecule has 0 heterocycles. The highest BCUT2D eigenvalue weighted by Gasteiger charge is 2.22. The summed E-state index contributed by atoms with van der Waals surface area (Å²) in [5, 5.41) is 12.6. The summed E-state index contributed by atoms with van der Waals surface area (Å²) >= 11 is 5.48. The summed E-state index contributed by atoms with van der Waals surface area (Å²) in [5.41, 5.74) is -0.815. The number of rotatable bonds is 7. The number of carbonyl (C=O) groups is 1. The van der Waals surface area contributed by atoms with Crippen molar-refractivity contribution < 1.29 is 9.90 Å². The van der Waals surface area contributed by atoms with Crippen LogP contribution < -0.4 is 5.32 Å². The molecule has 1 amide bonds. The Morgan fingerprint density at radius 2 is 2.13 bits per heavy atom. The molecule has 0 saturated carbocycles.